The number of hydrogen-bond donors (Lipinski definition) is 1. The van der Waals surface area contributed by atoms with Crippen molar-refractivity contribution in [1.82, 2.24) is 20.1 Å². The summed E-state index contributed by atoms with van der Waals surface area (Å²) >= 11 is 0. The second kappa shape index (κ2) is 8.93. The Balaban J connectivity index is 1.28. The number of pyridine rings is 1. The van der Waals surface area contributed by atoms with Crippen LogP contribution in [0.15, 0.2) is 67.0 Å². The van der Waals surface area contributed by atoms with Gasteiger partial charge in [-0.15, -0.1) is 0 Å². The number of hydrogen-bond acceptors (Lipinski definition) is 4. The fourth-order valence-electron chi connectivity index (χ4n) is 4.24. The van der Waals surface area contributed by atoms with Gasteiger partial charge in [0.05, 0.1) is 24.0 Å². The first-order chi connectivity index (χ1) is 15.7. The normalized spacial score (nSPS) is 15.9. The van der Waals surface area contributed by atoms with Gasteiger partial charge in [0.1, 0.15) is 11.6 Å². The molecular formula is C26H25FN4O. The Morgan fingerprint density at radius 3 is 2.91 bits per heavy atom. The Labute approximate surface area is 186 Å². The Hall–Kier alpha value is -3.51. The van der Waals surface area contributed by atoms with Crippen LogP contribution in [0.25, 0.3) is 22.7 Å². The molecule has 0 fully saturated rings. The van der Waals surface area contributed by atoms with Crippen LogP contribution in [0.4, 0.5) is 4.39 Å². The number of ether oxygens (including phenoxy) is 1. The molecule has 1 aliphatic rings. The maximum Gasteiger partial charge on any atom is 0.123 e. The number of nitrogens with one attached hydrogen (secondary N) is 1. The Bertz CT molecular complexity index is 1260. The van der Waals surface area contributed by atoms with E-state index in [-0.39, 0.29) is 5.82 Å². The van der Waals surface area contributed by atoms with Crippen molar-refractivity contribution < 1.29 is 9.13 Å². The van der Waals surface area contributed by atoms with Gasteiger partial charge < -0.3 is 10.1 Å². The van der Waals surface area contributed by atoms with E-state index >= 15 is 0 Å². The number of rotatable bonds is 6. The van der Waals surface area contributed by atoms with Crippen molar-refractivity contribution in [3.63, 3.8) is 0 Å². The monoisotopic (exact) mass is 428 g/mol. The summed E-state index contributed by atoms with van der Waals surface area (Å²) in [5, 5.41) is 9.51. The molecule has 2 aromatic carbocycles. The molecule has 2 aromatic heterocycles. The first kappa shape index (κ1) is 20.4. The van der Waals surface area contributed by atoms with E-state index in [0.29, 0.717) is 6.04 Å². The number of nitrogens with zero attached hydrogens (tertiary/aromatic N) is 3. The SMILES string of the molecule is COc1ccc2nccc(-n3cc4c(n3)CCC(NCC=Cc3ccc(F)cc3)C4)c2c1. The summed E-state index contributed by atoms with van der Waals surface area (Å²) in [6.07, 6.45) is 11.0. The molecule has 0 saturated heterocycles. The molecule has 1 atom stereocenters. The molecule has 0 aliphatic heterocycles. The summed E-state index contributed by atoms with van der Waals surface area (Å²) in [5.74, 6) is 0.597. The average molecular weight is 429 g/mol. The lowest BCUT2D eigenvalue weighted by Gasteiger charge is -2.21. The maximum absolute atomic E-state index is 13.0. The second-order valence-electron chi connectivity index (χ2n) is 8.06. The largest absolute Gasteiger partial charge is 0.497 e. The molecule has 1 unspecified atom stereocenters. The third kappa shape index (κ3) is 4.27. The fraction of sp³-hybridized carbons (Fsp3) is 0.231. The number of methoxy groups -OCH3 is 1. The summed E-state index contributed by atoms with van der Waals surface area (Å²) in [7, 11) is 1.67. The van der Waals surface area contributed by atoms with Gasteiger partial charge >= 0.3 is 0 Å². The predicted molar refractivity (Wildman–Crippen MR) is 125 cm³/mol. The number of halogens is 1. The Morgan fingerprint density at radius 1 is 1.19 bits per heavy atom. The fourth-order valence-corrected chi connectivity index (χ4v) is 4.24. The van der Waals surface area contributed by atoms with Crippen LogP contribution >= 0.6 is 0 Å². The highest BCUT2D eigenvalue weighted by Crippen LogP contribution is 2.27. The molecule has 1 N–H and O–H groups in total. The average Bonchev–Trinajstić information content (AvgIpc) is 3.25. The van der Waals surface area contributed by atoms with E-state index in [1.54, 1.807) is 19.2 Å². The molecule has 162 valence electrons. The van der Waals surface area contributed by atoms with E-state index in [0.717, 1.165) is 59.4 Å². The van der Waals surface area contributed by atoms with Crippen molar-refractivity contribution in [2.24, 2.45) is 0 Å². The lowest BCUT2D eigenvalue weighted by Crippen LogP contribution is -2.34. The van der Waals surface area contributed by atoms with Crippen LogP contribution < -0.4 is 10.1 Å². The number of fused-ring (bicyclic) bond motifs is 2. The van der Waals surface area contributed by atoms with Crippen LogP contribution in [-0.2, 0) is 12.8 Å². The Kier molecular flexibility index (Phi) is 5.69. The maximum atomic E-state index is 13.0. The van der Waals surface area contributed by atoms with Gasteiger partial charge in [0.15, 0.2) is 0 Å². The zero-order chi connectivity index (χ0) is 21.9. The molecule has 0 bridgehead atoms. The molecule has 32 heavy (non-hydrogen) atoms. The van der Waals surface area contributed by atoms with Crippen LogP contribution in [0.1, 0.15) is 23.2 Å². The molecule has 5 nitrogen and oxygen atoms in total. The third-order valence-electron chi connectivity index (χ3n) is 5.95. The summed E-state index contributed by atoms with van der Waals surface area (Å²) in [4.78, 5) is 4.47. The van der Waals surface area contributed by atoms with Crippen LogP contribution in [-0.4, -0.2) is 34.5 Å². The minimum atomic E-state index is -0.210. The van der Waals surface area contributed by atoms with Gasteiger partial charge in [-0.25, -0.2) is 9.07 Å². The van der Waals surface area contributed by atoms with E-state index in [4.69, 9.17) is 9.84 Å². The summed E-state index contributed by atoms with van der Waals surface area (Å²) < 4.78 is 20.4. The standard InChI is InChI=1S/C26H25FN4O/c1-32-22-9-11-25-23(16-22)26(12-14-29-25)31-17-19-15-21(8-10-24(19)30-31)28-13-2-3-18-4-6-20(27)7-5-18/h2-7,9,11-12,14,16-17,21,28H,8,10,13,15H2,1H3. The second-order valence-corrected chi connectivity index (χ2v) is 8.06. The highest BCUT2D eigenvalue weighted by molar-refractivity contribution is 5.88. The van der Waals surface area contributed by atoms with Gasteiger partial charge in [-0.05, 0) is 66.8 Å². The highest BCUT2D eigenvalue weighted by atomic mass is 19.1. The van der Waals surface area contributed by atoms with Crippen LogP contribution in [0.2, 0.25) is 0 Å². The van der Waals surface area contributed by atoms with Gasteiger partial charge in [-0.1, -0.05) is 24.3 Å². The Morgan fingerprint density at radius 2 is 2.06 bits per heavy atom. The number of aryl methyl sites for hydroxylation is 1. The van der Waals surface area contributed by atoms with E-state index in [1.165, 1.54) is 17.7 Å². The summed E-state index contributed by atoms with van der Waals surface area (Å²) in [6.45, 7) is 0.778. The molecule has 1 aliphatic carbocycles. The smallest absolute Gasteiger partial charge is 0.123 e. The van der Waals surface area contributed by atoms with Crippen molar-refractivity contribution in [2.45, 2.75) is 25.3 Å². The van der Waals surface area contributed by atoms with Gasteiger partial charge in [0, 0.05) is 30.4 Å². The van der Waals surface area contributed by atoms with Crippen molar-refractivity contribution in [1.29, 1.82) is 0 Å². The molecule has 2 heterocycles. The van der Waals surface area contributed by atoms with E-state index in [9.17, 15) is 4.39 Å². The highest BCUT2D eigenvalue weighted by Gasteiger charge is 2.21. The molecule has 5 rings (SSSR count). The lowest BCUT2D eigenvalue weighted by molar-refractivity contribution is 0.415. The van der Waals surface area contributed by atoms with Crippen molar-refractivity contribution in [3.05, 3.63) is 89.6 Å². The van der Waals surface area contributed by atoms with Crippen LogP contribution in [0, 0.1) is 5.82 Å². The van der Waals surface area contributed by atoms with Gasteiger partial charge in [-0.3, -0.25) is 4.98 Å². The van der Waals surface area contributed by atoms with Gasteiger partial charge in [0.2, 0.25) is 0 Å². The topological polar surface area (TPSA) is 52.0 Å². The molecule has 0 saturated carbocycles. The van der Waals surface area contributed by atoms with Crippen LogP contribution in [0.3, 0.4) is 0 Å². The summed E-state index contributed by atoms with van der Waals surface area (Å²) in [6, 6.07) is 14.8. The minimum Gasteiger partial charge on any atom is -0.497 e. The van der Waals surface area contributed by atoms with Crippen LogP contribution in [0.5, 0.6) is 5.75 Å². The predicted octanol–water partition coefficient (Wildman–Crippen LogP) is 4.73. The summed E-state index contributed by atoms with van der Waals surface area (Å²) in [5.41, 5.74) is 5.38. The van der Waals surface area contributed by atoms with E-state index < -0.39 is 0 Å². The lowest BCUT2D eigenvalue weighted by atomic mass is 9.93. The van der Waals surface area contributed by atoms with Gasteiger partial charge in [-0.2, -0.15) is 5.10 Å². The first-order valence-corrected chi connectivity index (χ1v) is 10.9. The molecule has 6 heteroatoms. The van der Waals surface area contributed by atoms with Crippen molar-refractivity contribution >= 4 is 17.0 Å². The number of benzene rings is 2. The van der Waals surface area contributed by atoms with E-state index in [1.807, 2.05) is 41.2 Å². The molecular weight excluding hydrogens is 403 g/mol. The van der Waals surface area contributed by atoms with E-state index in [2.05, 4.69) is 22.6 Å². The van der Waals surface area contributed by atoms with Crippen molar-refractivity contribution in [2.75, 3.05) is 13.7 Å². The van der Waals surface area contributed by atoms with Crippen molar-refractivity contribution in [3.8, 4) is 11.4 Å². The molecule has 0 radical (unpaired) electrons. The van der Waals surface area contributed by atoms with Gasteiger partial charge in [0.25, 0.3) is 0 Å². The third-order valence-corrected chi connectivity index (χ3v) is 5.95. The first-order valence-electron chi connectivity index (χ1n) is 10.9. The zero-order valence-corrected chi connectivity index (χ0v) is 18.0. The number of aromatic nitrogens is 3. The zero-order valence-electron chi connectivity index (χ0n) is 18.0. The molecule has 0 amide bonds. The quantitative estimate of drug-likeness (QED) is 0.483. The molecule has 4 aromatic rings. The minimum absolute atomic E-state index is 0.210. The molecule has 0 spiro atoms.